The van der Waals surface area contributed by atoms with E-state index in [0.29, 0.717) is 11.8 Å². The first kappa shape index (κ1) is 15.8. The van der Waals surface area contributed by atoms with Gasteiger partial charge in [-0.2, -0.15) is 0 Å². The van der Waals surface area contributed by atoms with Gasteiger partial charge in [-0.05, 0) is 11.8 Å². The summed E-state index contributed by atoms with van der Waals surface area (Å²) in [6, 6.07) is 6.66. The zero-order chi connectivity index (χ0) is 15.4. The maximum Gasteiger partial charge on any atom is 0.249 e. The fourth-order valence-electron chi connectivity index (χ4n) is 2.67. The molecule has 0 aliphatic rings. The van der Waals surface area contributed by atoms with Crippen molar-refractivity contribution in [1.82, 2.24) is 4.57 Å². The highest BCUT2D eigenvalue weighted by atomic mass is 16.5. The summed E-state index contributed by atoms with van der Waals surface area (Å²) >= 11 is 0. The standard InChI is InChI=1S/C18H27N2O/c1-14(2)16-7-6-8-17(15(3)4)18(16)20-10-9-19(13-20)11-12-21-5/h6-10,13-15H,11-12H2,1-5H3/q+1. The first-order chi connectivity index (χ1) is 10.0. The van der Waals surface area contributed by atoms with Gasteiger partial charge in [0.1, 0.15) is 24.6 Å². The number of methoxy groups -OCH3 is 1. The normalized spacial score (nSPS) is 11.6. The number of rotatable bonds is 6. The lowest BCUT2D eigenvalue weighted by Crippen LogP contribution is -2.33. The van der Waals surface area contributed by atoms with Crippen LogP contribution in [0.4, 0.5) is 0 Å². The average molecular weight is 287 g/mol. The van der Waals surface area contributed by atoms with E-state index in [-0.39, 0.29) is 0 Å². The predicted octanol–water partition coefficient (Wildman–Crippen LogP) is 3.66. The fraction of sp³-hybridized carbons (Fsp3) is 0.500. The summed E-state index contributed by atoms with van der Waals surface area (Å²) in [6.07, 6.45) is 6.41. The molecule has 0 N–H and O–H groups in total. The van der Waals surface area contributed by atoms with Crippen molar-refractivity contribution in [2.24, 2.45) is 0 Å². The van der Waals surface area contributed by atoms with E-state index in [1.54, 1.807) is 7.11 Å². The largest absolute Gasteiger partial charge is 0.381 e. The third kappa shape index (κ3) is 3.53. The number of para-hydroxylation sites is 1. The molecule has 0 saturated carbocycles. The smallest absolute Gasteiger partial charge is 0.249 e. The molecule has 3 nitrogen and oxygen atoms in total. The van der Waals surface area contributed by atoms with Gasteiger partial charge in [0, 0.05) is 18.2 Å². The Bertz CT molecular complexity index is 558. The average Bonchev–Trinajstić information content (AvgIpc) is 2.92. The minimum atomic E-state index is 0.508. The monoisotopic (exact) mass is 287 g/mol. The van der Waals surface area contributed by atoms with Crippen LogP contribution in [0.15, 0.2) is 36.9 Å². The van der Waals surface area contributed by atoms with E-state index in [1.165, 1.54) is 16.8 Å². The lowest BCUT2D eigenvalue weighted by molar-refractivity contribution is -0.697. The Morgan fingerprint density at radius 1 is 1.10 bits per heavy atom. The molecule has 0 amide bonds. The molecule has 1 aromatic heterocycles. The summed E-state index contributed by atoms with van der Waals surface area (Å²) in [5.41, 5.74) is 4.13. The Morgan fingerprint density at radius 3 is 2.24 bits per heavy atom. The highest BCUT2D eigenvalue weighted by Gasteiger charge is 2.19. The maximum atomic E-state index is 5.15. The second-order valence-electron chi connectivity index (χ2n) is 6.15. The molecule has 0 radical (unpaired) electrons. The number of imidazole rings is 1. The van der Waals surface area contributed by atoms with Crippen LogP contribution < -0.4 is 4.57 Å². The zero-order valence-corrected chi connectivity index (χ0v) is 13.8. The zero-order valence-electron chi connectivity index (χ0n) is 13.8. The minimum absolute atomic E-state index is 0.508. The molecule has 0 fully saturated rings. The van der Waals surface area contributed by atoms with Crippen LogP contribution >= 0.6 is 0 Å². The number of aromatic nitrogens is 2. The van der Waals surface area contributed by atoms with Gasteiger partial charge in [-0.25, -0.2) is 9.13 Å². The molecule has 2 rings (SSSR count). The van der Waals surface area contributed by atoms with Crippen LogP contribution in [0.2, 0.25) is 0 Å². The topological polar surface area (TPSA) is 18.0 Å². The Labute approximate surface area is 128 Å². The van der Waals surface area contributed by atoms with Crippen molar-refractivity contribution in [3.8, 4) is 5.69 Å². The van der Waals surface area contributed by atoms with E-state index in [1.807, 2.05) is 0 Å². The van der Waals surface area contributed by atoms with Crippen LogP contribution in [0.25, 0.3) is 5.69 Å². The fourth-order valence-corrected chi connectivity index (χ4v) is 2.67. The maximum absolute atomic E-state index is 5.15. The molecule has 1 aromatic carbocycles. The van der Waals surface area contributed by atoms with E-state index in [4.69, 9.17) is 4.74 Å². The molecule has 21 heavy (non-hydrogen) atoms. The van der Waals surface area contributed by atoms with Crippen molar-refractivity contribution in [2.45, 2.75) is 46.1 Å². The van der Waals surface area contributed by atoms with E-state index in [9.17, 15) is 0 Å². The lowest BCUT2D eigenvalue weighted by Gasteiger charge is -2.16. The molecular weight excluding hydrogens is 260 g/mol. The summed E-state index contributed by atoms with van der Waals surface area (Å²) in [5.74, 6) is 1.02. The van der Waals surface area contributed by atoms with Gasteiger partial charge in [0.2, 0.25) is 6.33 Å². The lowest BCUT2D eigenvalue weighted by atomic mass is 9.92. The Kier molecular flexibility index (Phi) is 5.18. The highest BCUT2D eigenvalue weighted by Crippen LogP contribution is 2.30. The molecule has 0 saturated heterocycles. The third-order valence-corrected chi connectivity index (χ3v) is 3.85. The van der Waals surface area contributed by atoms with Crippen molar-refractivity contribution in [3.05, 3.63) is 48.0 Å². The number of hydrogen-bond acceptors (Lipinski definition) is 1. The van der Waals surface area contributed by atoms with E-state index >= 15 is 0 Å². The summed E-state index contributed by atoms with van der Waals surface area (Å²) in [5, 5.41) is 0. The minimum Gasteiger partial charge on any atom is -0.381 e. The van der Waals surface area contributed by atoms with E-state index < -0.39 is 0 Å². The van der Waals surface area contributed by atoms with Gasteiger partial charge < -0.3 is 4.74 Å². The van der Waals surface area contributed by atoms with Crippen LogP contribution in [0.1, 0.15) is 50.7 Å². The summed E-state index contributed by atoms with van der Waals surface area (Å²) in [4.78, 5) is 0. The molecule has 1 heterocycles. The van der Waals surface area contributed by atoms with Gasteiger partial charge in [-0.3, -0.25) is 0 Å². The van der Waals surface area contributed by atoms with E-state index in [0.717, 1.165) is 13.2 Å². The van der Waals surface area contributed by atoms with Crippen LogP contribution in [-0.2, 0) is 11.3 Å². The van der Waals surface area contributed by atoms with Gasteiger partial charge in [0.25, 0.3) is 0 Å². The summed E-state index contributed by atoms with van der Waals surface area (Å²) in [6.45, 7) is 10.6. The molecule has 3 heteroatoms. The van der Waals surface area contributed by atoms with Gasteiger partial charge in [0.15, 0.2) is 0 Å². The third-order valence-electron chi connectivity index (χ3n) is 3.85. The number of hydrogen-bond donors (Lipinski definition) is 0. The number of nitrogens with zero attached hydrogens (tertiary/aromatic N) is 2. The van der Waals surface area contributed by atoms with Gasteiger partial charge in [-0.1, -0.05) is 45.9 Å². The molecule has 114 valence electrons. The van der Waals surface area contributed by atoms with Crippen molar-refractivity contribution in [2.75, 3.05) is 13.7 Å². The van der Waals surface area contributed by atoms with Gasteiger partial charge in [-0.15, -0.1) is 0 Å². The first-order valence-electron chi connectivity index (χ1n) is 7.73. The van der Waals surface area contributed by atoms with Crippen LogP contribution in [0, 0.1) is 0 Å². The van der Waals surface area contributed by atoms with Crippen LogP contribution in [-0.4, -0.2) is 18.3 Å². The summed E-state index contributed by atoms with van der Waals surface area (Å²) in [7, 11) is 1.74. The van der Waals surface area contributed by atoms with E-state index in [2.05, 4.69) is 73.7 Å². The predicted molar refractivity (Wildman–Crippen MR) is 86.0 cm³/mol. The Morgan fingerprint density at radius 2 is 1.71 bits per heavy atom. The van der Waals surface area contributed by atoms with Crippen LogP contribution in [0.3, 0.4) is 0 Å². The van der Waals surface area contributed by atoms with Gasteiger partial charge >= 0.3 is 0 Å². The first-order valence-corrected chi connectivity index (χ1v) is 7.73. The van der Waals surface area contributed by atoms with Gasteiger partial charge in [0.05, 0.1) is 6.61 Å². The SMILES string of the molecule is COCC[n+]1ccn(-c2c(C(C)C)cccc2C(C)C)c1. The van der Waals surface area contributed by atoms with Crippen molar-refractivity contribution < 1.29 is 9.30 Å². The highest BCUT2D eigenvalue weighted by molar-refractivity contribution is 5.50. The molecule has 0 aliphatic heterocycles. The molecular formula is C18H27N2O+. The molecule has 0 bridgehead atoms. The quantitative estimate of drug-likeness (QED) is 0.742. The Hall–Kier alpha value is -1.61. The van der Waals surface area contributed by atoms with Crippen LogP contribution in [0.5, 0.6) is 0 Å². The second kappa shape index (κ2) is 6.90. The van der Waals surface area contributed by atoms with Crippen molar-refractivity contribution >= 4 is 0 Å². The summed E-state index contributed by atoms with van der Waals surface area (Å²) < 4.78 is 9.58. The number of benzene rings is 1. The Balaban J connectivity index is 2.47. The molecule has 2 aromatic rings. The van der Waals surface area contributed by atoms with Crippen molar-refractivity contribution in [3.63, 3.8) is 0 Å². The molecule has 0 atom stereocenters. The van der Waals surface area contributed by atoms with Crippen molar-refractivity contribution in [1.29, 1.82) is 0 Å². The molecule has 0 unspecified atom stereocenters. The second-order valence-corrected chi connectivity index (χ2v) is 6.15. The molecule has 0 spiro atoms. The number of ether oxygens (including phenoxy) is 1. The molecule has 0 aliphatic carbocycles.